The number of benzene rings is 1. The summed E-state index contributed by atoms with van der Waals surface area (Å²) in [6.45, 7) is 1.82. The van der Waals surface area contributed by atoms with E-state index in [1.165, 1.54) is 16.8 Å². The van der Waals surface area contributed by atoms with E-state index < -0.39 is 5.97 Å². The molecule has 0 radical (unpaired) electrons. The quantitative estimate of drug-likeness (QED) is 0.852. The SMILES string of the molecule is CCc1c(C(=O)O)nnn1-c1ccc(F)cc1I. The fourth-order valence-corrected chi connectivity index (χ4v) is 2.34. The van der Waals surface area contributed by atoms with Crippen molar-refractivity contribution in [3.8, 4) is 5.69 Å². The average molecular weight is 361 g/mol. The van der Waals surface area contributed by atoms with Gasteiger partial charge in [-0.15, -0.1) is 5.10 Å². The highest BCUT2D eigenvalue weighted by Crippen LogP contribution is 2.20. The fraction of sp³-hybridized carbons (Fsp3) is 0.182. The third-order valence-electron chi connectivity index (χ3n) is 2.44. The number of hydrogen-bond donors (Lipinski definition) is 1. The van der Waals surface area contributed by atoms with Crippen molar-refractivity contribution in [3.63, 3.8) is 0 Å². The Kier molecular flexibility index (Phi) is 3.60. The topological polar surface area (TPSA) is 68.0 Å². The number of carboxylic acids is 1. The van der Waals surface area contributed by atoms with Gasteiger partial charge >= 0.3 is 5.97 Å². The molecule has 0 unspecified atom stereocenters. The van der Waals surface area contributed by atoms with Crippen molar-refractivity contribution in [2.75, 3.05) is 0 Å². The number of carbonyl (C=O) groups is 1. The summed E-state index contributed by atoms with van der Waals surface area (Å²) in [5.41, 5.74) is 1.04. The van der Waals surface area contributed by atoms with Crippen LogP contribution in [-0.2, 0) is 6.42 Å². The molecular formula is C11H9FIN3O2. The van der Waals surface area contributed by atoms with E-state index in [9.17, 15) is 9.18 Å². The smallest absolute Gasteiger partial charge is 0.358 e. The summed E-state index contributed by atoms with van der Waals surface area (Å²) in [7, 11) is 0. The van der Waals surface area contributed by atoms with Crippen molar-refractivity contribution in [2.45, 2.75) is 13.3 Å². The minimum Gasteiger partial charge on any atom is -0.476 e. The Balaban J connectivity index is 2.60. The molecule has 1 aromatic carbocycles. The van der Waals surface area contributed by atoms with Crippen LogP contribution >= 0.6 is 22.6 Å². The van der Waals surface area contributed by atoms with Crippen molar-refractivity contribution >= 4 is 28.6 Å². The molecule has 0 spiro atoms. The molecule has 1 N–H and O–H groups in total. The van der Waals surface area contributed by atoms with Gasteiger partial charge in [0.1, 0.15) is 5.82 Å². The Morgan fingerprint density at radius 3 is 2.83 bits per heavy atom. The van der Waals surface area contributed by atoms with E-state index in [1.807, 2.05) is 29.5 Å². The van der Waals surface area contributed by atoms with E-state index in [-0.39, 0.29) is 11.5 Å². The van der Waals surface area contributed by atoms with Crippen LogP contribution in [-0.4, -0.2) is 26.1 Å². The summed E-state index contributed by atoms with van der Waals surface area (Å²) >= 11 is 1.97. The Labute approximate surface area is 116 Å². The second kappa shape index (κ2) is 5.01. The minimum atomic E-state index is -1.12. The van der Waals surface area contributed by atoms with Crippen molar-refractivity contribution < 1.29 is 14.3 Å². The molecule has 0 aliphatic rings. The molecule has 0 saturated carbocycles. The van der Waals surface area contributed by atoms with Gasteiger partial charge in [-0.25, -0.2) is 13.9 Å². The fourth-order valence-electron chi connectivity index (χ4n) is 1.63. The van der Waals surface area contributed by atoms with E-state index in [0.717, 1.165) is 0 Å². The van der Waals surface area contributed by atoms with E-state index >= 15 is 0 Å². The number of aromatic carboxylic acids is 1. The molecule has 0 saturated heterocycles. The summed E-state index contributed by atoms with van der Waals surface area (Å²) in [6.07, 6.45) is 0.474. The van der Waals surface area contributed by atoms with Gasteiger partial charge in [0.05, 0.1) is 11.4 Å². The Hall–Kier alpha value is -1.51. The first-order chi connectivity index (χ1) is 8.54. The van der Waals surface area contributed by atoms with Crippen LogP contribution in [0.4, 0.5) is 4.39 Å². The molecule has 0 aliphatic carbocycles. The third-order valence-corrected chi connectivity index (χ3v) is 3.30. The van der Waals surface area contributed by atoms with Gasteiger partial charge in [0, 0.05) is 3.57 Å². The van der Waals surface area contributed by atoms with Crippen molar-refractivity contribution in [3.05, 3.63) is 39.0 Å². The van der Waals surface area contributed by atoms with E-state index in [4.69, 9.17) is 5.11 Å². The molecule has 18 heavy (non-hydrogen) atoms. The summed E-state index contributed by atoms with van der Waals surface area (Å²) in [5.74, 6) is -1.46. The molecule has 94 valence electrons. The third kappa shape index (κ3) is 2.22. The monoisotopic (exact) mass is 361 g/mol. The van der Waals surface area contributed by atoms with Gasteiger partial charge in [-0.05, 0) is 47.2 Å². The van der Waals surface area contributed by atoms with Gasteiger partial charge in [-0.2, -0.15) is 0 Å². The van der Waals surface area contributed by atoms with Gasteiger partial charge in [-0.1, -0.05) is 12.1 Å². The van der Waals surface area contributed by atoms with E-state index in [0.29, 0.717) is 21.4 Å². The van der Waals surface area contributed by atoms with E-state index in [1.54, 1.807) is 6.07 Å². The molecule has 0 amide bonds. The van der Waals surface area contributed by atoms with E-state index in [2.05, 4.69) is 10.3 Å². The largest absolute Gasteiger partial charge is 0.476 e. The molecule has 1 aromatic heterocycles. The lowest BCUT2D eigenvalue weighted by atomic mass is 10.2. The zero-order valence-corrected chi connectivity index (χ0v) is 11.5. The van der Waals surface area contributed by atoms with Crippen LogP contribution in [0.3, 0.4) is 0 Å². The minimum absolute atomic E-state index is 0.0716. The van der Waals surface area contributed by atoms with Crippen LogP contribution in [0.25, 0.3) is 5.69 Å². The number of rotatable bonds is 3. The molecule has 5 nitrogen and oxygen atoms in total. The first kappa shape index (κ1) is 12.9. The first-order valence-corrected chi connectivity index (χ1v) is 6.25. The van der Waals surface area contributed by atoms with Gasteiger partial charge in [0.25, 0.3) is 0 Å². The van der Waals surface area contributed by atoms with Crippen LogP contribution < -0.4 is 0 Å². The summed E-state index contributed by atoms with van der Waals surface area (Å²) in [4.78, 5) is 11.0. The normalized spacial score (nSPS) is 10.6. The lowest BCUT2D eigenvalue weighted by molar-refractivity contribution is 0.0689. The second-order valence-corrected chi connectivity index (χ2v) is 4.71. The maximum atomic E-state index is 13.0. The number of hydrogen-bond acceptors (Lipinski definition) is 3. The highest BCUT2D eigenvalue weighted by atomic mass is 127. The summed E-state index contributed by atoms with van der Waals surface area (Å²) in [5, 5.41) is 16.5. The average Bonchev–Trinajstić information content (AvgIpc) is 2.72. The number of aromatic nitrogens is 3. The highest BCUT2D eigenvalue weighted by molar-refractivity contribution is 14.1. The molecule has 0 fully saturated rings. The van der Waals surface area contributed by atoms with Crippen molar-refractivity contribution in [1.82, 2.24) is 15.0 Å². The van der Waals surface area contributed by atoms with Crippen molar-refractivity contribution in [2.24, 2.45) is 0 Å². The molecule has 1 heterocycles. The molecule has 2 rings (SSSR count). The number of nitrogens with zero attached hydrogens (tertiary/aromatic N) is 3. The molecule has 0 atom stereocenters. The van der Waals surface area contributed by atoms with Gasteiger partial charge in [0.15, 0.2) is 5.69 Å². The van der Waals surface area contributed by atoms with Crippen molar-refractivity contribution in [1.29, 1.82) is 0 Å². The molecule has 0 bridgehead atoms. The van der Waals surface area contributed by atoms with Crippen LogP contribution in [0.1, 0.15) is 23.1 Å². The standard InChI is InChI=1S/C11H9FIN3O2/c1-2-8-10(11(17)18)14-15-16(8)9-4-3-6(12)5-7(9)13/h3-5H,2H2,1H3,(H,17,18). The van der Waals surface area contributed by atoms with Gasteiger partial charge in [0.2, 0.25) is 0 Å². The number of halogens is 2. The van der Waals surface area contributed by atoms with Crippen LogP contribution in [0.5, 0.6) is 0 Å². The Bertz CT molecular complexity index is 612. The van der Waals surface area contributed by atoms with Gasteiger partial charge < -0.3 is 5.11 Å². The summed E-state index contributed by atoms with van der Waals surface area (Å²) < 4.78 is 15.1. The lowest BCUT2D eigenvalue weighted by Gasteiger charge is -2.07. The lowest BCUT2D eigenvalue weighted by Crippen LogP contribution is -2.07. The first-order valence-electron chi connectivity index (χ1n) is 5.18. The van der Waals surface area contributed by atoms with Crippen LogP contribution in [0.15, 0.2) is 18.2 Å². The predicted octanol–water partition coefficient (Wildman–Crippen LogP) is 2.27. The maximum Gasteiger partial charge on any atom is 0.358 e. The molecule has 2 aromatic rings. The Morgan fingerprint density at radius 2 is 2.28 bits per heavy atom. The highest BCUT2D eigenvalue weighted by Gasteiger charge is 2.19. The molecule has 7 heteroatoms. The zero-order valence-electron chi connectivity index (χ0n) is 9.39. The predicted molar refractivity (Wildman–Crippen MR) is 70.4 cm³/mol. The Morgan fingerprint density at radius 1 is 1.56 bits per heavy atom. The summed E-state index contributed by atoms with van der Waals surface area (Å²) in [6, 6.07) is 4.22. The number of carboxylic acid groups (broad SMARTS) is 1. The van der Waals surface area contributed by atoms with Crippen LogP contribution in [0, 0.1) is 9.39 Å². The second-order valence-electron chi connectivity index (χ2n) is 3.55. The van der Waals surface area contributed by atoms with Crippen LogP contribution in [0.2, 0.25) is 0 Å². The van der Waals surface area contributed by atoms with Gasteiger partial charge in [-0.3, -0.25) is 0 Å². The molecular weight excluding hydrogens is 352 g/mol. The molecule has 0 aliphatic heterocycles. The zero-order chi connectivity index (χ0) is 13.3. The maximum absolute atomic E-state index is 13.0.